The standard InChI is InChI=1S/C15H16N2O3/c1-4-10-5-7-11(8-6-10)13(18)12-9-16-15(20-3)17-14(12)19-2/h5-9H,4H2,1-3H3. The third-order valence-electron chi connectivity index (χ3n) is 2.98. The summed E-state index contributed by atoms with van der Waals surface area (Å²) in [6.07, 6.45) is 2.35. The molecule has 0 amide bonds. The summed E-state index contributed by atoms with van der Waals surface area (Å²) in [5, 5.41) is 0. The van der Waals surface area contributed by atoms with Crippen molar-refractivity contribution < 1.29 is 14.3 Å². The monoisotopic (exact) mass is 272 g/mol. The molecule has 1 heterocycles. The van der Waals surface area contributed by atoms with Crippen LogP contribution in [0.2, 0.25) is 0 Å². The summed E-state index contributed by atoms with van der Waals surface area (Å²) < 4.78 is 10.0. The van der Waals surface area contributed by atoms with Crippen LogP contribution in [0.1, 0.15) is 28.4 Å². The molecule has 5 nitrogen and oxygen atoms in total. The van der Waals surface area contributed by atoms with Crippen molar-refractivity contribution in [3.05, 3.63) is 47.2 Å². The van der Waals surface area contributed by atoms with E-state index < -0.39 is 0 Å². The number of hydrogen-bond acceptors (Lipinski definition) is 5. The zero-order valence-electron chi connectivity index (χ0n) is 11.7. The molecule has 0 radical (unpaired) electrons. The second-order valence-corrected chi connectivity index (χ2v) is 4.16. The number of carbonyl (C=O) groups is 1. The lowest BCUT2D eigenvalue weighted by molar-refractivity contribution is 0.103. The smallest absolute Gasteiger partial charge is 0.319 e. The second-order valence-electron chi connectivity index (χ2n) is 4.16. The summed E-state index contributed by atoms with van der Waals surface area (Å²) in [5.41, 5.74) is 2.08. The van der Waals surface area contributed by atoms with E-state index >= 15 is 0 Å². The summed E-state index contributed by atoms with van der Waals surface area (Å²) in [7, 11) is 2.92. The summed E-state index contributed by atoms with van der Waals surface area (Å²) in [5.74, 6) is 0.0357. The third kappa shape index (κ3) is 2.77. The summed E-state index contributed by atoms with van der Waals surface area (Å²) in [6, 6.07) is 7.63. The average Bonchev–Trinajstić information content (AvgIpc) is 2.53. The summed E-state index contributed by atoms with van der Waals surface area (Å²) >= 11 is 0. The van der Waals surface area contributed by atoms with Gasteiger partial charge in [0.15, 0.2) is 5.78 Å². The molecule has 20 heavy (non-hydrogen) atoms. The van der Waals surface area contributed by atoms with Gasteiger partial charge in [-0.1, -0.05) is 31.2 Å². The van der Waals surface area contributed by atoms with Crippen molar-refractivity contribution in [1.82, 2.24) is 9.97 Å². The van der Waals surface area contributed by atoms with Crippen molar-refractivity contribution in [3.63, 3.8) is 0 Å². The molecule has 0 aliphatic rings. The van der Waals surface area contributed by atoms with Gasteiger partial charge < -0.3 is 9.47 Å². The van der Waals surface area contributed by atoms with Crippen LogP contribution in [0.25, 0.3) is 0 Å². The van der Waals surface area contributed by atoms with E-state index in [1.165, 1.54) is 26.0 Å². The minimum atomic E-state index is -0.174. The number of methoxy groups -OCH3 is 2. The van der Waals surface area contributed by atoms with Gasteiger partial charge in [-0.15, -0.1) is 0 Å². The van der Waals surface area contributed by atoms with E-state index in [1.54, 1.807) is 12.1 Å². The minimum absolute atomic E-state index is 0.166. The molecule has 1 aromatic carbocycles. The average molecular weight is 272 g/mol. The molecule has 0 bridgehead atoms. The molecule has 0 unspecified atom stereocenters. The highest BCUT2D eigenvalue weighted by atomic mass is 16.5. The molecule has 0 atom stereocenters. The number of carbonyl (C=O) groups excluding carboxylic acids is 1. The lowest BCUT2D eigenvalue weighted by atomic mass is 10.0. The first kappa shape index (κ1) is 14.0. The van der Waals surface area contributed by atoms with E-state index in [2.05, 4.69) is 16.9 Å². The van der Waals surface area contributed by atoms with Crippen molar-refractivity contribution in [2.75, 3.05) is 14.2 Å². The molecular weight excluding hydrogens is 256 g/mol. The predicted octanol–water partition coefficient (Wildman–Crippen LogP) is 2.29. The third-order valence-corrected chi connectivity index (χ3v) is 2.98. The molecule has 2 aromatic rings. The van der Waals surface area contributed by atoms with E-state index in [9.17, 15) is 4.79 Å². The molecule has 0 saturated heterocycles. The maximum Gasteiger partial charge on any atom is 0.319 e. The molecule has 0 fully saturated rings. The normalized spacial score (nSPS) is 10.2. The largest absolute Gasteiger partial charge is 0.480 e. The van der Waals surface area contributed by atoms with Crippen LogP contribution in [0.4, 0.5) is 0 Å². The quantitative estimate of drug-likeness (QED) is 0.781. The van der Waals surface area contributed by atoms with Gasteiger partial charge in [0.25, 0.3) is 0 Å². The first-order chi connectivity index (χ1) is 9.69. The highest BCUT2D eigenvalue weighted by Gasteiger charge is 2.17. The van der Waals surface area contributed by atoms with Crippen LogP contribution >= 0.6 is 0 Å². The van der Waals surface area contributed by atoms with E-state index in [-0.39, 0.29) is 17.7 Å². The van der Waals surface area contributed by atoms with Gasteiger partial charge in [-0.3, -0.25) is 4.79 Å². The Balaban J connectivity index is 2.36. The zero-order valence-corrected chi connectivity index (χ0v) is 11.7. The zero-order chi connectivity index (χ0) is 14.5. The van der Waals surface area contributed by atoms with Crippen molar-refractivity contribution >= 4 is 5.78 Å². The SMILES string of the molecule is CCc1ccc(C(=O)c2cnc(OC)nc2OC)cc1. The molecule has 0 aliphatic heterocycles. The fourth-order valence-corrected chi connectivity index (χ4v) is 1.81. The van der Waals surface area contributed by atoms with Crippen LogP contribution in [0.15, 0.2) is 30.5 Å². The maximum atomic E-state index is 12.4. The molecular formula is C15H16N2O3. The van der Waals surface area contributed by atoms with Gasteiger partial charge in [-0.25, -0.2) is 4.98 Å². The fraction of sp³-hybridized carbons (Fsp3) is 0.267. The predicted molar refractivity (Wildman–Crippen MR) is 74.4 cm³/mol. The fourth-order valence-electron chi connectivity index (χ4n) is 1.81. The maximum absolute atomic E-state index is 12.4. The summed E-state index contributed by atoms with van der Waals surface area (Å²) in [6.45, 7) is 2.07. The van der Waals surface area contributed by atoms with Gasteiger partial charge in [-0.2, -0.15) is 4.98 Å². The number of hydrogen-bond donors (Lipinski definition) is 0. The highest BCUT2D eigenvalue weighted by molar-refractivity contribution is 6.10. The number of aryl methyl sites for hydroxylation is 1. The van der Waals surface area contributed by atoms with Crippen LogP contribution in [-0.2, 0) is 6.42 Å². The Labute approximate surface area is 117 Å². The molecule has 0 spiro atoms. The molecule has 1 aromatic heterocycles. The van der Waals surface area contributed by atoms with Crippen molar-refractivity contribution in [2.45, 2.75) is 13.3 Å². The minimum Gasteiger partial charge on any atom is -0.480 e. The van der Waals surface area contributed by atoms with E-state index in [1.807, 2.05) is 12.1 Å². The van der Waals surface area contributed by atoms with E-state index in [4.69, 9.17) is 9.47 Å². The van der Waals surface area contributed by atoms with Gasteiger partial charge in [0.2, 0.25) is 5.88 Å². The lowest BCUT2D eigenvalue weighted by Gasteiger charge is -2.07. The number of nitrogens with zero attached hydrogens (tertiary/aromatic N) is 2. The van der Waals surface area contributed by atoms with E-state index in [0.717, 1.165) is 6.42 Å². The Morgan fingerprint density at radius 3 is 2.40 bits per heavy atom. The van der Waals surface area contributed by atoms with Crippen LogP contribution in [-0.4, -0.2) is 30.0 Å². The molecule has 104 valence electrons. The lowest BCUT2D eigenvalue weighted by Crippen LogP contribution is -2.07. The molecule has 2 rings (SSSR count). The van der Waals surface area contributed by atoms with Crippen LogP contribution < -0.4 is 9.47 Å². The van der Waals surface area contributed by atoms with Crippen molar-refractivity contribution in [3.8, 4) is 11.9 Å². The van der Waals surface area contributed by atoms with Gasteiger partial charge >= 0.3 is 6.01 Å². The molecule has 0 saturated carbocycles. The second kappa shape index (κ2) is 6.14. The molecule has 5 heteroatoms. The van der Waals surface area contributed by atoms with Gasteiger partial charge in [-0.05, 0) is 12.0 Å². The number of rotatable bonds is 5. The Kier molecular flexibility index (Phi) is 4.30. The number of ether oxygens (including phenoxy) is 2. The van der Waals surface area contributed by atoms with Gasteiger partial charge in [0.05, 0.1) is 14.2 Å². The first-order valence-electron chi connectivity index (χ1n) is 6.28. The number of benzene rings is 1. The van der Waals surface area contributed by atoms with E-state index in [0.29, 0.717) is 11.1 Å². The Bertz CT molecular complexity index is 609. The van der Waals surface area contributed by atoms with Crippen molar-refractivity contribution in [2.24, 2.45) is 0 Å². The van der Waals surface area contributed by atoms with Gasteiger partial charge in [0.1, 0.15) is 5.56 Å². The number of aromatic nitrogens is 2. The highest BCUT2D eigenvalue weighted by Crippen LogP contribution is 2.21. The Morgan fingerprint density at radius 1 is 1.15 bits per heavy atom. The summed E-state index contributed by atoms with van der Waals surface area (Å²) in [4.78, 5) is 20.4. The number of ketones is 1. The molecule has 0 aliphatic carbocycles. The first-order valence-corrected chi connectivity index (χ1v) is 6.28. The van der Waals surface area contributed by atoms with Crippen LogP contribution in [0.3, 0.4) is 0 Å². The van der Waals surface area contributed by atoms with Gasteiger partial charge in [0, 0.05) is 11.8 Å². The molecule has 0 N–H and O–H groups in total. The Hall–Kier alpha value is -2.43. The van der Waals surface area contributed by atoms with Crippen LogP contribution in [0, 0.1) is 0 Å². The van der Waals surface area contributed by atoms with Crippen molar-refractivity contribution in [1.29, 1.82) is 0 Å². The Morgan fingerprint density at radius 2 is 1.85 bits per heavy atom. The topological polar surface area (TPSA) is 61.3 Å². The van der Waals surface area contributed by atoms with Crippen LogP contribution in [0.5, 0.6) is 11.9 Å².